The maximum atomic E-state index is 6.23. The zero-order valence-electron chi connectivity index (χ0n) is 12.2. The number of nitrogens with two attached hydrogens (primary N) is 1. The van der Waals surface area contributed by atoms with Gasteiger partial charge in [0.2, 0.25) is 0 Å². The van der Waals surface area contributed by atoms with Gasteiger partial charge in [0.05, 0.1) is 0 Å². The highest BCUT2D eigenvalue weighted by Gasteiger charge is 2.43. The van der Waals surface area contributed by atoms with Crippen LogP contribution in [0.4, 0.5) is 0 Å². The molecule has 0 bridgehead atoms. The summed E-state index contributed by atoms with van der Waals surface area (Å²) in [4.78, 5) is 5.37. The first-order chi connectivity index (χ1) is 9.81. The third kappa shape index (κ3) is 2.09. The van der Waals surface area contributed by atoms with E-state index in [0.717, 1.165) is 25.4 Å². The summed E-state index contributed by atoms with van der Waals surface area (Å²) in [5.41, 5.74) is 9.46. The normalized spacial score (nSPS) is 26.6. The summed E-state index contributed by atoms with van der Waals surface area (Å²) in [6, 6.07) is 9.81. The fourth-order valence-electron chi connectivity index (χ4n) is 4.17. The highest BCUT2D eigenvalue weighted by Crippen LogP contribution is 2.36. The SMILES string of the molecule is NCC1(N2CCN(C3CC3)CC2)Cc2ccccc2C1. The van der Waals surface area contributed by atoms with Crippen LogP contribution < -0.4 is 5.73 Å². The third-order valence-corrected chi connectivity index (χ3v) is 5.59. The molecule has 0 aromatic heterocycles. The molecular formula is C17H25N3. The van der Waals surface area contributed by atoms with Gasteiger partial charge in [-0.3, -0.25) is 9.80 Å². The monoisotopic (exact) mass is 271 g/mol. The van der Waals surface area contributed by atoms with E-state index in [1.165, 1.54) is 50.1 Å². The largest absolute Gasteiger partial charge is 0.329 e. The Hall–Kier alpha value is -0.900. The molecule has 1 aliphatic heterocycles. The molecule has 1 saturated carbocycles. The van der Waals surface area contributed by atoms with Crippen LogP contribution in [0.1, 0.15) is 24.0 Å². The highest BCUT2D eigenvalue weighted by atomic mass is 15.3. The van der Waals surface area contributed by atoms with Crippen molar-refractivity contribution in [1.29, 1.82) is 0 Å². The third-order valence-electron chi connectivity index (χ3n) is 5.59. The Kier molecular flexibility index (Phi) is 3.09. The number of piperazine rings is 1. The molecule has 0 amide bonds. The van der Waals surface area contributed by atoms with Crippen molar-refractivity contribution in [2.75, 3.05) is 32.7 Å². The van der Waals surface area contributed by atoms with E-state index < -0.39 is 0 Å². The molecule has 0 atom stereocenters. The van der Waals surface area contributed by atoms with Crippen LogP contribution in [0.15, 0.2) is 24.3 Å². The summed E-state index contributed by atoms with van der Waals surface area (Å²) in [5.74, 6) is 0. The quantitative estimate of drug-likeness (QED) is 0.898. The molecule has 108 valence electrons. The van der Waals surface area contributed by atoms with Gasteiger partial charge in [-0.15, -0.1) is 0 Å². The van der Waals surface area contributed by atoms with Crippen molar-refractivity contribution < 1.29 is 0 Å². The summed E-state index contributed by atoms with van der Waals surface area (Å²) in [7, 11) is 0. The van der Waals surface area contributed by atoms with Crippen molar-refractivity contribution in [2.45, 2.75) is 37.3 Å². The second kappa shape index (κ2) is 4.83. The maximum absolute atomic E-state index is 6.23. The lowest BCUT2D eigenvalue weighted by atomic mass is 9.92. The van der Waals surface area contributed by atoms with Crippen LogP contribution in [0.25, 0.3) is 0 Å². The van der Waals surface area contributed by atoms with Crippen LogP contribution in [-0.2, 0) is 12.8 Å². The second-order valence-corrected chi connectivity index (χ2v) is 6.80. The molecule has 4 rings (SSSR count). The second-order valence-electron chi connectivity index (χ2n) is 6.80. The first kappa shape index (κ1) is 12.8. The molecule has 1 aromatic carbocycles. The molecule has 1 heterocycles. The molecule has 3 heteroatoms. The Morgan fingerprint density at radius 1 is 1.00 bits per heavy atom. The molecular weight excluding hydrogens is 246 g/mol. The number of fused-ring (bicyclic) bond motifs is 1. The van der Waals surface area contributed by atoms with Gasteiger partial charge in [-0.25, -0.2) is 0 Å². The molecule has 3 nitrogen and oxygen atoms in total. The lowest BCUT2D eigenvalue weighted by molar-refractivity contribution is 0.0387. The summed E-state index contributed by atoms with van der Waals surface area (Å²) in [5, 5.41) is 0. The number of hydrogen-bond donors (Lipinski definition) is 1. The van der Waals surface area contributed by atoms with Gasteiger partial charge in [-0.2, -0.15) is 0 Å². The van der Waals surface area contributed by atoms with E-state index >= 15 is 0 Å². The van der Waals surface area contributed by atoms with Gasteiger partial charge in [0.15, 0.2) is 0 Å². The number of nitrogens with zero attached hydrogens (tertiary/aromatic N) is 2. The molecule has 0 radical (unpaired) electrons. The van der Waals surface area contributed by atoms with Crippen LogP contribution in [0, 0.1) is 0 Å². The average molecular weight is 271 g/mol. The molecule has 0 spiro atoms. The minimum absolute atomic E-state index is 0.194. The summed E-state index contributed by atoms with van der Waals surface area (Å²) >= 11 is 0. The maximum Gasteiger partial charge on any atom is 0.0413 e. The van der Waals surface area contributed by atoms with Crippen molar-refractivity contribution >= 4 is 0 Å². The molecule has 2 fully saturated rings. The first-order valence-corrected chi connectivity index (χ1v) is 8.07. The van der Waals surface area contributed by atoms with E-state index in [9.17, 15) is 0 Å². The topological polar surface area (TPSA) is 32.5 Å². The number of rotatable bonds is 3. The molecule has 3 aliphatic rings. The smallest absolute Gasteiger partial charge is 0.0413 e. The molecule has 2 N–H and O–H groups in total. The van der Waals surface area contributed by atoms with Crippen LogP contribution in [-0.4, -0.2) is 54.1 Å². The lowest BCUT2D eigenvalue weighted by Crippen LogP contribution is -2.61. The highest BCUT2D eigenvalue weighted by molar-refractivity contribution is 5.36. The zero-order chi connectivity index (χ0) is 13.6. The van der Waals surface area contributed by atoms with Gasteiger partial charge in [-0.05, 0) is 36.8 Å². The van der Waals surface area contributed by atoms with Crippen molar-refractivity contribution in [2.24, 2.45) is 5.73 Å². The number of benzene rings is 1. The molecule has 1 saturated heterocycles. The van der Waals surface area contributed by atoms with E-state index in [0.29, 0.717) is 0 Å². The van der Waals surface area contributed by atoms with Gasteiger partial charge >= 0.3 is 0 Å². The van der Waals surface area contributed by atoms with Gasteiger partial charge in [0.1, 0.15) is 0 Å². The van der Waals surface area contributed by atoms with E-state index in [1.807, 2.05) is 0 Å². The molecule has 2 aliphatic carbocycles. The standard InChI is InChI=1S/C17H25N3/c18-13-17(11-14-3-1-2-4-15(14)12-17)20-9-7-19(8-10-20)16-5-6-16/h1-4,16H,5-13,18H2. The fourth-order valence-corrected chi connectivity index (χ4v) is 4.17. The van der Waals surface area contributed by atoms with Gasteiger partial charge < -0.3 is 5.73 Å². The molecule has 1 aromatic rings. The summed E-state index contributed by atoms with van der Waals surface area (Å²) in [6.07, 6.45) is 5.13. The summed E-state index contributed by atoms with van der Waals surface area (Å²) in [6.45, 7) is 5.65. The van der Waals surface area contributed by atoms with E-state index in [-0.39, 0.29) is 5.54 Å². The van der Waals surface area contributed by atoms with Crippen LogP contribution in [0.2, 0.25) is 0 Å². The van der Waals surface area contributed by atoms with E-state index in [2.05, 4.69) is 34.1 Å². The number of hydrogen-bond acceptors (Lipinski definition) is 3. The van der Waals surface area contributed by atoms with E-state index in [4.69, 9.17) is 5.73 Å². The van der Waals surface area contributed by atoms with Gasteiger partial charge in [-0.1, -0.05) is 24.3 Å². The Balaban J connectivity index is 1.49. The van der Waals surface area contributed by atoms with Crippen molar-refractivity contribution in [3.05, 3.63) is 35.4 Å². The van der Waals surface area contributed by atoms with Crippen molar-refractivity contribution in [3.63, 3.8) is 0 Å². The zero-order valence-corrected chi connectivity index (χ0v) is 12.2. The van der Waals surface area contributed by atoms with Gasteiger partial charge in [0.25, 0.3) is 0 Å². The summed E-state index contributed by atoms with van der Waals surface area (Å²) < 4.78 is 0. The minimum Gasteiger partial charge on any atom is -0.329 e. The fraction of sp³-hybridized carbons (Fsp3) is 0.647. The predicted molar refractivity (Wildman–Crippen MR) is 81.8 cm³/mol. The van der Waals surface area contributed by atoms with Crippen LogP contribution >= 0.6 is 0 Å². The van der Waals surface area contributed by atoms with Gasteiger partial charge in [0, 0.05) is 44.3 Å². The predicted octanol–water partition coefficient (Wildman–Crippen LogP) is 1.26. The van der Waals surface area contributed by atoms with E-state index in [1.54, 1.807) is 0 Å². The Labute approximate surface area is 121 Å². The first-order valence-electron chi connectivity index (χ1n) is 8.07. The minimum atomic E-state index is 0.194. The molecule has 20 heavy (non-hydrogen) atoms. The van der Waals surface area contributed by atoms with Crippen LogP contribution in [0.3, 0.4) is 0 Å². The lowest BCUT2D eigenvalue weighted by Gasteiger charge is -2.45. The Morgan fingerprint density at radius 2 is 1.60 bits per heavy atom. The average Bonchev–Trinajstić information content (AvgIpc) is 3.27. The van der Waals surface area contributed by atoms with Crippen molar-refractivity contribution in [3.8, 4) is 0 Å². The molecule has 0 unspecified atom stereocenters. The Bertz CT molecular complexity index is 462. The Morgan fingerprint density at radius 3 is 2.10 bits per heavy atom. The van der Waals surface area contributed by atoms with Crippen LogP contribution in [0.5, 0.6) is 0 Å². The van der Waals surface area contributed by atoms with Crippen molar-refractivity contribution in [1.82, 2.24) is 9.80 Å².